The molecule has 1 aliphatic carbocycles. The van der Waals surface area contributed by atoms with E-state index in [0.29, 0.717) is 17.4 Å². The van der Waals surface area contributed by atoms with Crippen LogP contribution in [0.15, 0.2) is 28.7 Å². The molecular formula is C17H21BrO3. The third-order valence-corrected chi connectivity index (χ3v) is 4.80. The summed E-state index contributed by atoms with van der Waals surface area (Å²) in [5.74, 6) is 0.454. The Balaban J connectivity index is 1.88. The van der Waals surface area contributed by atoms with E-state index in [4.69, 9.17) is 4.74 Å². The topological polar surface area (TPSA) is 43.4 Å². The molecule has 3 nitrogen and oxygen atoms in total. The zero-order valence-electron chi connectivity index (χ0n) is 12.5. The molecule has 4 heteroatoms. The van der Waals surface area contributed by atoms with Gasteiger partial charge in [0.15, 0.2) is 12.4 Å². The molecule has 0 amide bonds. The zero-order chi connectivity index (χ0) is 15.4. The average molecular weight is 353 g/mol. The smallest absolute Gasteiger partial charge is 0.309 e. The molecule has 1 saturated carbocycles. The molecule has 21 heavy (non-hydrogen) atoms. The van der Waals surface area contributed by atoms with Crippen LogP contribution in [0.2, 0.25) is 0 Å². The van der Waals surface area contributed by atoms with Gasteiger partial charge in [-0.2, -0.15) is 0 Å². The van der Waals surface area contributed by atoms with Crippen molar-refractivity contribution in [2.75, 3.05) is 6.61 Å². The van der Waals surface area contributed by atoms with Crippen LogP contribution in [0.3, 0.4) is 0 Å². The Bertz CT molecular complexity index is 509. The van der Waals surface area contributed by atoms with Crippen LogP contribution in [0, 0.1) is 17.8 Å². The van der Waals surface area contributed by atoms with Gasteiger partial charge in [0.2, 0.25) is 0 Å². The molecule has 1 aromatic carbocycles. The van der Waals surface area contributed by atoms with Gasteiger partial charge < -0.3 is 4.74 Å². The number of esters is 1. The Morgan fingerprint density at radius 1 is 1.19 bits per heavy atom. The minimum atomic E-state index is -0.223. The number of carbonyl (C=O) groups is 2. The number of ether oxygens (including phenoxy) is 1. The predicted octanol–water partition coefficient (Wildman–Crippen LogP) is 4.25. The van der Waals surface area contributed by atoms with Crippen molar-refractivity contribution in [1.29, 1.82) is 0 Å². The number of rotatable bonds is 4. The highest BCUT2D eigenvalue weighted by Crippen LogP contribution is 2.34. The van der Waals surface area contributed by atoms with E-state index in [9.17, 15) is 9.59 Å². The molecular weight excluding hydrogens is 332 g/mol. The molecule has 114 valence electrons. The Hall–Kier alpha value is -1.16. The lowest BCUT2D eigenvalue weighted by Gasteiger charge is -2.30. The van der Waals surface area contributed by atoms with E-state index in [1.54, 1.807) is 24.3 Å². The van der Waals surface area contributed by atoms with Crippen molar-refractivity contribution in [1.82, 2.24) is 0 Å². The number of carbonyl (C=O) groups excluding carboxylic acids is 2. The lowest BCUT2D eigenvalue weighted by atomic mass is 9.75. The highest BCUT2D eigenvalue weighted by molar-refractivity contribution is 9.10. The molecule has 0 heterocycles. The highest BCUT2D eigenvalue weighted by Gasteiger charge is 2.32. The maximum atomic E-state index is 12.2. The van der Waals surface area contributed by atoms with Crippen molar-refractivity contribution in [2.45, 2.75) is 33.1 Å². The fourth-order valence-corrected chi connectivity index (χ4v) is 3.09. The van der Waals surface area contributed by atoms with Gasteiger partial charge in [0, 0.05) is 10.0 Å². The molecule has 0 unspecified atom stereocenters. The minimum Gasteiger partial charge on any atom is -0.457 e. The Morgan fingerprint density at radius 2 is 1.86 bits per heavy atom. The van der Waals surface area contributed by atoms with Gasteiger partial charge in [0.05, 0.1) is 5.92 Å². The molecule has 0 bridgehead atoms. The second kappa shape index (κ2) is 7.21. The van der Waals surface area contributed by atoms with Crippen LogP contribution in [0.4, 0.5) is 0 Å². The lowest BCUT2D eigenvalue weighted by Crippen LogP contribution is -2.31. The van der Waals surface area contributed by atoms with E-state index < -0.39 is 0 Å². The largest absolute Gasteiger partial charge is 0.457 e. The van der Waals surface area contributed by atoms with Gasteiger partial charge in [0.1, 0.15) is 0 Å². The van der Waals surface area contributed by atoms with Gasteiger partial charge in [-0.3, -0.25) is 9.59 Å². The summed E-state index contributed by atoms with van der Waals surface area (Å²) in [7, 11) is 0. The first-order chi connectivity index (χ1) is 9.97. The van der Waals surface area contributed by atoms with Crippen molar-refractivity contribution >= 4 is 27.7 Å². The second-order valence-corrected chi connectivity index (χ2v) is 6.96. The average Bonchev–Trinajstić information content (AvgIpc) is 2.47. The third kappa shape index (κ3) is 4.40. The van der Waals surface area contributed by atoms with Crippen LogP contribution in [0.25, 0.3) is 0 Å². The Morgan fingerprint density at radius 3 is 2.52 bits per heavy atom. The van der Waals surface area contributed by atoms with E-state index >= 15 is 0 Å². The summed E-state index contributed by atoms with van der Waals surface area (Å²) in [5.41, 5.74) is 0.566. The molecule has 3 atom stereocenters. The molecule has 0 N–H and O–H groups in total. The first-order valence-electron chi connectivity index (χ1n) is 7.42. The summed E-state index contributed by atoms with van der Waals surface area (Å²) in [6.07, 6.45) is 3.09. The normalized spacial score (nSPS) is 25.4. The molecule has 0 aliphatic heterocycles. The van der Waals surface area contributed by atoms with E-state index in [2.05, 4.69) is 29.8 Å². The molecule has 0 saturated heterocycles. The van der Waals surface area contributed by atoms with Gasteiger partial charge in [-0.05, 0) is 36.8 Å². The quantitative estimate of drug-likeness (QED) is 0.600. The summed E-state index contributed by atoms with van der Waals surface area (Å²) in [6.45, 7) is 4.09. The van der Waals surface area contributed by atoms with Crippen LogP contribution in [-0.4, -0.2) is 18.4 Å². The maximum absolute atomic E-state index is 12.2. The molecule has 0 aromatic heterocycles. The van der Waals surface area contributed by atoms with E-state index in [-0.39, 0.29) is 24.3 Å². The predicted molar refractivity (Wildman–Crippen MR) is 85.1 cm³/mol. The van der Waals surface area contributed by atoms with Gasteiger partial charge in [0.25, 0.3) is 0 Å². The van der Waals surface area contributed by atoms with Crippen LogP contribution in [-0.2, 0) is 9.53 Å². The number of benzene rings is 1. The van der Waals surface area contributed by atoms with Crippen molar-refractivity contribution in [2.24, 2.45) is 17.8 Å². The van der Waals surface area contributed by atoms with Crippen molar-refractivity contribution in [3.05, 3.63) is 34.3 Å². The number of Topliss-reactive ketones (excluding diaryl/α,β-unsaturated/α-hetero) is 1. The van der Waals surface area contributed by atoms with Crippen LogP contribution in [0.1, 0.15) is 43.5 Å². The molecule has 1 aromatic rings. The fraction of sp³-hybridized carbons (Fsp3) is 0.529. The van der Waals surface area contributed by atoms with Crippen molar-refractivity contribution in [3.8, 4) is 0 Å². The van der Waals surface area contributed by atoms with Gasteiger partial charge in [-0.1, -0.05) is 48.3 Å². The van der Waals surface area contributed by atoms with E-state index in [0.717, 1.165) is 17.3 Å². The number of halogens is 1. The molecule has 1 fully saturated rings. The van der Waals surface area contributed by atoms with Gasteiger partial charge in [-0.15, -0.1) is 0 Å². The highest BCUT2D eigenvalue weighted by atomic mass is 79.9. The summed E-state index contributed by atoms with van der Waals surface area (Å²) in [6, 6.07) is 7.07. The summed E-state index contributed by atoms with van der Waals surface area (Å²) >= 11 is 3.32. The number of ketones is 1. The van der Waals surface area contributed by atoms with Gasteiger partial charge >= 0.3 is 5.97 Å². The van der Waals surface area contributed by atoms with Gasteiger partial charge in [-0.25, -0.2) is 0 Å². The standard InChI is InChI=1S/C17H21BrO3/c1-11-3-4-12(2)15(9-11)17(20)21-10-16(19)13-5-7-14(18)8-6-13/h5-8,11-12,15H,3-4,9-10H2,1-2H3/t11-,12-,15-/m1/s1. The molecule has 1 aliphatic rings. The SMILES string of the molecule is C[C@@H]1CC[C@@H](C)[C@H](C(=O)OCC(=O)c2ccc(Br)cc2)C1. The van der Waals surface area contributed by atoms with E-state index in [1.165, 1.54) is 6.42 Å². The molecule has 0 radical (unpaired) electrons. The second-order valence-electron chi connectivity index (χ2n) is 6.04. The maximum Gasteiger partial charge on any atom is 0.309 e. The van der Waals surface area contributed by atoms with E-state index in [1.807, 2.05) is 0 Å². The minimum absolute atomic E-state index is 0.0635. The van der Waals surface area contributed by atoms with Crippen molar-refractivity contribution in [3.63, 3.8) is 0 Å². The third-order valence-electron chi connectivity index (χ3n) is 4.27. The van der Waals surface area contributed by atoms with Crippen LogP contribution >= 0.6 is 15.9 Å². The number of hydrogen-bond donors (Lipinski definition) is 0. The number of hydrogen-bond acceptors (Lipinski definition) is 3. The molecule has 2 rings (SSSR count). The lowest BCUT2D eigenvalue weighted by molar-refractivity contribution is -0.151. The summed E-state index contributed by atoms with van der Waals surface area (Å²) in [5, 5.41) is 0. The fourth-order valence-electron chi connectivity index (χ4n) is 2.82. The monoisotopic (exact) mass is 352 g/mol. The first-order valence-corrected chi connectivity index (χ1v) is 8.22. The molecule has 0 spiro atoms. The summed E-state index contributed by atoms with van der Waals surface area (Å²) < 4.78 is 6.16. The zero-order valence-corrected chi connectivity index (χ0v) is 14.1. The van der Waals surface area contributed by atoms with Crippen LogP contribution in [0.5, 0.6) is 0 Å². The Labute approximate surface area is 134 Å². The van der Waals surface area contributed by atoms with Crippen LogP contribution < -0.4 is 0 Å². The Kier molecular flexibility index (Phi) is 5.57. The first kappa shape index (κ1) is 16.2. The van der Waals surface area contributed by atoms with Crippen molar-refractivity contribution < 1.29 is 14.3 Å². The summed E-state index contributed by atoms with van der Waals surface area (Å²) in [4.78, 5) is 24.2.